The molecule has 182 valence electrons. The summed E-state index contributed by atoms with van der Waals surface area (Å²) in [6, 6.07) is 19.4. The maximum Gasteiger partial charge on any atom is 0.254 e. The van der Waals surface area contributed by atoms with Crippen LogP contribution < -0.4 is 0 Å². The number of carbonyl (C=O) groups excluding carboxylic acids is 2. The number of nitrogens with zero attached hydrogens (tertiary/aromatic N) is 4. The van der Waals surface area contributed by atoms with Gasteiger partial charge in [0, 0.05) is 48.4 Å². The Morgan fingerprint density at radius 2 is 1.33 bits per heavy atom. The van der Waals surface area contributed by atoms with Gasteiger partial charge in [-0.2, -0.15) is 0 Å². The van der Waals surface area contributed by atoms with E-state index in [0.717, 1.165) is 16.7 Å². The summed E-state index contributed by atoms with van der Waals surface area (Å²) in [5, 5.41) is 8.29. The average molecular weight is 485 g/mol. The number of hydrogen-bond acceptors (Lipinski definition) is 5. The van der Waals surface area contributed by atoms with Crippen LogP contribution in [0.25, 0.3) is 22.9 Å². The lowest BCUT2D eigenvalue weighted by molar-refractivity contribution is 0.0535. The molecule has 1 aliphatic heterocycles. The molecule has 1 aromatic heterocycles. The minimum atomic E-state index is -0.398. The Labute approximate surface area is 208 Å². The molecular formula is C28H25FN4O3. The van der Waals surface area contributed by atoms with Crippen molar-refractivity contribution < 1.29 is 18.4 Å². The number of halogens is 1. The molecule has 1 fully saturated rings. The predicted molar refractivity (Wildman–Crippen MR) is 133 cm³/mol. The lowest BCUT2D eigenvalue weighted by Gasteiger charge is -2.35. The molecule has 7 nitrogen and oxygen atoms in total. The van der Waals surface area contributed by atoms with E-state index in [1.165, 1.54) is 6.07 Å². The molecular weight excluding hydrogens is 459 g/mol. The molecule has 0 unspecified atom stereocenters. The number of benzene rings is 3. The summed E-state index contributed by atoms with van der Waals surface area (Å²) in [5.74, 6) is 0.0841. The standard InChI is InChI=1S/C28H25FN4O3/c1-18-4-3-5-22(16-18)26-31-30-25(36-26)20-8-10-21(11-9-20)27(34)32-12-14-33(15-13-32)28(35)23-7-6-19(2)24(29)17-23/h3-11,16-17H,12-15H2,1-2H3. The van der Waals surface area contributed by atoms with Crippen molar-refractivity contribution in [3.63, 3.8) is 0 Å². The first-order valence-electron chi connectivity index (χ1n) is 11.7. The Morgan fingerprint density at radius 1 is 0.750 bits per heavy atom. The molecule has 1 saturated heterocycles. The van der Waals surface area contributed by atoms with Gasteiger partial charge in [-0.1, -0.05) is 23.8 Å². The molecule has 2 heterocycles. The third kappa shape index (κ3) is 4.75. The Kier molecular flexibility index (Phi) is 6.33. The van der Waals surface area contributed by atoms with Crippen LogP contribution in [0.5, 0.6) is 0 Å². The van der Waals surface area contributed by atoms with Crippen LogP contribution in [0.4, 0.5) is 4.39 Å². The molecule has 5 rings (SSSR count). The highest BCUT2D eigenvalue weighted by Gasteiger charge is 2.26. The molecule has 0 radical (unpaired) electrons. The van der Waals surface area contributed by atoms with Gasteiger partial charge in [-0.15, -0.1) is 10.2 Å². The highest BCUT2D eigenvalue weighted by atomic mass is 19.1. The van der Waals surface area contributed by atoms with Crippen LogP contribution >= 0.6 is 0 Å². The minimum Gasteiger partial charge on any atom is -0.416 e. The van der Waals surface area contributed by atoms with E-state index < -0.39 is 5.82 Å². The van der Waals surface area contributed by atoms with Gasteiger partial charge in [-0.25, -0.2) is 4.39 Å². The number of rotatable bonds is 4. The van der Waals surface area contributed by atoms with Crippen molar-refractivity contribution in [2.75, 3.05) is 26.2 Å². The first kappa shape index (κ1) is 23.4. The van der Waals surface area contributed by atoms with E-state index in [0.29, 0.717) is 54.7 Å². The SMILES string of the molecule is Cc1cccc(-c2nnc(-c3ccc(C(=O)N4CCN(C(=O)c5ccc(C)c(F)c5)CC4)cc3)o2)c1. The molecule has 3 aromatic carbocycles. The largest absolute Gasteiger partial charge is 0.416 e. The summed E-state index contributed by atoms with van der Waals surface area (Å²) in [7, 11) is 0. The third-order valence-electron chi connectivity index (χ3n) is 6.34. The van der Waals surface area contributed by atoms with Gasteiger partial charge >= 0.3 is 0 Å². The van der Waals surface area contributed by atoms with Crippen molar-refractivity contribution in [2.24, 2.45) is 0 Å². The number of carbonyl (C=O) groups is 2. The molecule has 0 bridgehead atoms. The molecule has 8 heteroatoms. The summed E-state index contributed by atoms with van der Waals surface area (Å²) in [5.41, 5.74) is 4.03. The molecule has 36 heavy (non-hydrogen) atoms. The maximum absolute atomic E-state index is 13.9. The van der Waals surface area contributed by atoms with Crippen LogP contribution in [0.2, 0.25) is 0 Å². The molecule has 1 aliphatic rings. The topological polar surface area (TPSA) is 79.5 Å². The first-order chi connectivity index (χ1) is 17.4. The fraction of sp³-hybridized carbons (Fsp3) is 0.214. The zero-order valence-electron chi connectivity index (χ0n) is 20.1. The van der Waals surface area contributed by atoms with E-state index in [1.807, 2.05) is 31.2 Å². The number of aromatic nitrogens is 2. The maximum atomic E-state index is 13.9. The smallest absolute Gasteiger partial charge is 0.254 e. The minimum absolute atomic E-state index is 0.110. The van der Waals surface area contributed by atoms with E-state index in [1.54, 1.807) is 53.1 Å². The van der Waals surface area contributed by atoms with Gasteiger partial charge in [0.15, 0.2) is 0 Å². The molecule has 0 spiro atoms. The van der Waals surface area contributed by atoms with Crippen molar-refractivity contribution in [2.45, 2.75) is 13.8 Å². The third-order valence-corrected chi connectivity index (χ3v) is 6.34. The van der Waals surface area contributed by atoms with Gasteiger partial charge in [-0.3, -0.25) is 9.59 Å². The van der Waals surface area contributed by atoms with Crippen molar-refractivity contribution in [3.05, 3.63) is 94.8 Å². The zero-order chi connectivity index (χ0) is 25.2. The van der Waals surface area contributed by atoms with Crippen LogP contribution in [0.15, 0.2) is 71.1 Å². The van der Waals surface area contributed by atoms with Crippen LogP contribution in [0.1, 0.15) is 31.8 Å². The predicted octanol–water partition coefficient (Wildman–Crippen LogP) is 4.76. The summed E-state index contributed by atoms with van der Waals surface area (Å²) < 4.78 is 19.7. The van der Waals surface area contributed by atoms with Gasteiger partial charge in [0.1, 0.15) is 5.82 Å². The molecule has 0 atom stereocenters. The Balaban J connectivity index is 1.21. The fourth-order valence-corrected chi connectivity index (χ4v) is 4.19. The summed E-state index contributed by atoms with van der Waals surface area (Å²) in [6.45, 7) is 5.25. The number of hydrogen-bond donors (Lipinski definition) is 0. The summed E-state index contributed by atoms with van der Waals surface area (Å²) in [6.07, 6.45) is 0. The number of aryl methyl sites for hydroxylation is 2. The van der Waals surface area contributed by atoms with E-state index in [-0.39, 0.29) is 11.8 Å². The second-order valence-electron chi connectivity index (χ2n) is 8.91. The number of piperazine rings is 1. The van der Waals surface area contributed by atoms with Crippen molar-refractivity contribution in [1.29, 1.82) is 0 Å². The first-order valence-corrected chi connectivity index (χ1v) is 11.7. The molecule has 4 aromatic rings. The van der Waals surface area contributed by atoms with E-state index >= 15 is 0 Å². The lowest BCUT2D eigenvalue weighted by atomic mass is 10.1. The molecule has 2 amide bonds. The van der Waals surface area contributed by atoms with Gasteiger partial charge in [0.05, 0.1) is 0 Å². The van der Waals surface area contributed by atoms with Crippen LogP contribution in [0.3, 0.4) is 0 Å². The van der Waals surface area contributed by atoms with Crippen LogP contribution in [-0.4, -0.2) is 58.0 Å². The second-order valence-corrected chi connectivity index (χ2v) is 8.91. The van der Waals surface area contributed by atoms with E-state index in [4.69, 9.17) is 4.42 Å². The highest BCUT2D eigenvalue weighted by molar-refractivity contribution is 5.96. The summed E-state index contributed by atoms with van der Waals surface area (Å²) in [4.78, 5) is 29.1. The van der Waals surface area contributed by atoms with Crippen LogP contribution in [0, 0.1) is 19.7 Å². The molecule has 0 saturated carbocycles. The summed E-state index contributed by atoms with van der Waals surface area (Å²) >= 11 is 0. The van der Waals surface area contributed by atoms with Gasteiger partial charge in [-0.05, 0) is 67.9 Å². The zero-order valence-corrected chi connectivity index (χ0v) is 20.1. The van der Waals surface area contributed by atoms with E-state index in [2.05, 4.69) is 10.2 Å². The Bertz CT molecular complexity index is 1420. The number of amides is 2. The van der Waals surface area contributed by atoms with Crippen molar-refractivity contribution >= 4 is 11.8 Å². The Morgan fingerprint density at radius 3 is 1.94 bits per heavy atom. The van der Waals surface area contributed by atoms with Gasteiger partial charge in [0.2, 0.25) is 11.8 Å². The Hall–Kier alpha value is -4.33. The normalized spacial score (nSPS) is 13.6. The molecule has 0 N–H and O–H groups in total. The van der Waals surface area contributed by atoms with Gasteiger partial charge < -0.3 is 14.2 Å². The van der Waals surface area contributed by atoms with E-state index in [9.17, 15) is 14.0 Å². The molecule has 0 aliphatic carbocycles. The fourth-order valence-electron chi connectivity index (χ4n) is 4.19. The van der Waals surface area contributed by atoms with Gasteiger partial charge in [0.25, 0.3) is 11.8 Å². The monoisotopic (exact) mass is 484 g/mol. The van der Waals surface area contributed by atoms with Crippen molar-refractivity contribution in [3.8, 4) is 22.9 Å². The second kappa shape index (κ2) is 9.73. The van der Waals surface area contributed by atoms with Crippen molar-refractivity contribution in [1.82, 2.24) is 20.0 Å². The van der Waals surface area contributed by atoms with Crippen LogP contribution in [-0.2, 0) is 0 Å². The average Bonchev–Trinajstić information content (AvgIpc) is 3.40. The lowest BCUT2D eigenvalue weighted by Crippen LogP contribution is -2.50. The quantitative estimate of drug-likeness (QED) is 0.417. The highest BCUT2D eigenvalue weighted by Crippen LogP contribution is 2.25.